The predicted molar refractivity (Wildman–Crippen MR) is 88.0 cm³/mol. The number of carbonyl (C=O) groups is 2. The average Bonchev–Trinajstić information content (AvgIpc) is 2.74. The molecule has 0 unspecified atom stereocenters. The lowest BCUT2D eigenvalue weighted by atomic mass is 9.64. The topological polar surface area (TPSA) is 46.2 Å². The van der Waals surface area contributed by atoms with E-state index < -0.39 is 5.41 Å². The third-order valence-corrected chi connectivity index (χ3v) is 7.07. The fourth-order valence-corrected chi connectivity index (χ4v) is 4.52. The molecular formula is C18H22ClNO2. The lowest BCUT2D eigenvalue weighted by Crippen LogP contribution is -2.43. The number of nitrogens with one attached hydrogen (secondary N) is 1. The van der Waals surface area contributed by atoms with Gasteiger partial charge in [0.15, 0.2) is 0 Å². The Morgan fingerprint density at radius 2 is 1.91 bits per heavy atom. The maximum Gasteiger partial charge on any atom is 0.231 e. The number of rotatable bonds is 2. The minimum Gasteiger partial charge on any atom is -0.325 e. The van der Waals surface area contributed by atoms with E-state index in [1.54, 1.807) is 6.07 Å². The monoisotopic (exact) mass is 319 g/mol. The fraction of sp³-hybridized carbons (Fsp3) is 0.556. The third-order valence-electron chi connectivity index (χ3n) is 6.66. The van der Waals surface area contributed by atoms with Gasteiger partial charge in [0, 0.05) is 22.5 Å². The predicted octanol–water partition coefficient (Wildman–Crippen LogP) is 4.37. The molecular weight excluding hydrogens is 298 g/mol. The van der Waals surface area contributed by atoms with Crippen molar-refractivity contribution in [2.24, 2.45) is 16.2 Å². The van der Waals surface area contributed by atoms with Gasteiger partial charge in [-0.25, -0.2) is 0 Å². The van der Waals surface area contributed by atoms with Crippen LogP contribution in [0.15, 0.2) is 18.2 Å². The first kappa shape index (κ1) is 15.5. The molecule has 0 heterocycles. The van der Waals surface area contributed by atoms with Gasteiger partial charge in [-0.2, -0.15) is 0 Å². The Bertz CT molecular complexity index is 682. The van der Waals surface area contributed by atoms with Crippen molar-refractivity contribution in [3.8, 4) is 0 Å². The molecule has 4 heteroatoms. The zero-order chi connectivity index (χ0) is 16.3. The standard InChI is InChI=1S/C18H22ClNO2/c1-11-12(19)6-5-7-13(11)20-15(22)18-9-8-17(4,14(21)10-18)16(18,2)3/h5-7H,8-10H2,1-4H3,(H,20,22)/t17-,18-/m1/s1. The van der Waals surface area contributed by atoms with Crippen LogP contribution in [0.2, 0.25) is 5.02 Å². The molecule has 2 aliphatic rings. The van der Waals surface area contributed by atoms with Crippen LogP contribution in [-0.4, -0.2) is 11.7 Å². The van der Waals surface area contributed by atoms with Crippen molar-refractivity contribution in [3.05, 3.63) is 28.8 Å². The van der Waals surface area contributed by atoms with Gasteiger partial charge in [0.2, 0.25) is 5.91 Å². The normalized spacial score (nSPS) is 32.3. The Kier molecular flexibility index (Phi) is 3.23. The molecule has 3 rings (SSSR count). The summed E-state index contributed by atoms with van der Waals surface area (Å²) in [7, 11) is 0. The van der Waals surface area contributed by atoms with Crippen molar-refractivity contribution in [1.82, 2.24) is 0 Å². The molecule has 1 aromatic rings. The number of carbonyl (C=O) groups excluding carboxylic acids is 2. The number of hydrogen-bond acceptors (Lipinski definition) is 2. The summed E-state index contributed by atoms with van der Waals surface area (Å²) < 4.78 is 0. The fourth-order valence-electron chi connectivity index (χ4n) is 4.35. The number of anilines is 1. The van der Waals surface area contributed by atoms with E-state index in [2.05, 4.69) is 19.2 Å². The Morgan fingerprint density at radius 3 is 2.45 bits per heavy atom. The highest BCUT2D eigenvalue weighted by Gasteiger charge is 2.72. The minimum absolute atomic E-state index is 0.0440. The first-order chi connectivity index (χ1) is 10.2. The van der Waals surface area contributed by atoms with Crippen molar-refractivity contribution in [2.75, 3.05) is 5.32 Å². The molecule has 0 saturated heterocycles. The van der Waals surface area contributed by atoms with Crippen LogP contribution in [0.1, 0.15) is 45.6 Å². The second kappa shape index (κ2) is 4.58. The molecule has 118 valence electrons. The van der Waals surface area contributed by atoms with Crippen molar-refractivity contribution in [1.29, 1.82) is 0 Å². The van der Waals surface area contributed by atoms with Crippen molar-refractivity contribution in [3.63, 3.8) is 0 Å². The third kappa shape index (κ3) is 1.69. The van der Waals surface area contributed by atoms with Crippen LogP contribution in [0.5, 0.6) is 0 Å². The molecule has 2 aliphatic carbocycles. The summed E-state index contributed by atoms with van der Waals surface area (Å²) in [6.45, 7) is 8.03. The highest BCUT2D eigenvalue weighted by molar-refractivity contribution is 6.31. The molecule has 0 aliphatic heterocycles. The summed E-state index contributed by atoms with van der Waals surface area (Å²) >= 11 is 6.13. The van der Waals surface area contributed by atoms with Gasteiger partial charge in [0.05, 0.1) is 5.41 Å². The van der Waals surface area contributed by atoms with Crippen LogP contribution < -0.4 is 5.32 Å². The van der Waals surface area contributed by atoms with Gasteiger partial charge in [-0.15, -0.1) is 0 Å². The van der Waals surface area contributed by atoms with E-state index in [0.717, 1.165) is 24.1 Å². The van der Waals surface area contributed by atoms with Gasteiger partial charge >= 0.3 is 0 Å². The molecule has 0 spiro atoms. The first-order valence-electron chi connectivity index (χ1n) is 7.76. The number of Topliss-reactive ketones (excluding diaryl/α,β-unsaturated/α-hetero) is 1. The largest absolute Gasteiger partial charge is 0.325 e. The number of ketones is 1. The molecule has 0 aromatic heterocycles. The van der Waals surface area contributed by atoms with Crippen LogP contribution >= 0.6 is 11.6 Å². The summed E-state index contributed by atoms with van der Waals surface area (Å²) in [6, 6.07) is 5.49. The van der Waals surface area contributed by atoms with Crippen molar-refractivity contribution in [2.45, 2.75) is 47.0 Å². The van der Waals surface area contributed by atoms with Gasteiger partial charge in [-0.3, -0.25) is 9.59 Å². The van der Waals surface area contributed by atoms with Crippen molar-refractivity contribution >= 4 is 29.0 Å². The molecule has 1 aromatic carbocycles. The smallest absolute Gasteiger partial charge is 0.231 e. The van der Waals surface area contributed by atoms with E-state index in [-0.39, 0.29) is 22.5 Å². The molecule has 2 fully saturated rings. The lowest BCUT2D eigenvalue weighted by molar-refractivity contribution is -0.131. The number of fused-ring (bicyclic) bond motifs is 2. The van der Waals surface area contributed by atoms with E-state index in [4.69, 9.17) is 11.6 Å². The second-order valence-electron chi connectivity index (χ2n) is 7.51. The SMILES string of the molecule is Cc1c(Cl)cccc1NC(=O)[C@@]12CC[C@](C)(C(=O)C1)C2(C)C. The van der Waals surface area contributed by atoms with E-state index in [1.807, 2.05) is 26.0 Å². The maximum atomic E-state index is 13.1. The maximum absolute atomic E-state index is 13.1. The van der Waals surface area contributed by atoms with E-state index in [1.165, 1.54) is 0 Å². The highest BCUT2D eigenvalue weighted by Crippen LogP contribution is 2.70. The Balaban J connectivity index is 1.96. The van der Waals surface area contributed by atoms with Crippen molar-refractivity contribution < 1.29 is 9.59 Å². The molecule has 1 N–H and O–H groups in total. The number of hydrogen-bond donors (Lipinski definition) is 1. The summed E-state index contributed by atoms with van der Waals surface area (Å²) in [4.78, 5) is 25.5. The number of benzene rings is 1. The van der Waals surface area contributed by atoms with Gasteiger partial charge < -0.3 is 5.32 Å². The van der Waals surface area contributed by atoms with Gasteiger partial charge in [0.25, 0.3) is 0 Å². The number of halogens is 1. The van der Waals surface area contributed by atoms with Crippen LogP contribution in [0, 0.1) is 23.2 Å². The Labute approximate surface area is 136 Å². The van der Waals surface area contributed by atoms with Gasteiger partial charge in [-0.05, 0) is 42.9 Å². The Hall–Kier alpha value is -1.35. The molecule has 2 saturated carbocycles. The molecule has 22 heavy (non-hydrogen) atoms. The van der Waals surface area contributed by atoms with Crippen LogP contribution in [0.4, 0.5) is 5.69 Å². The van der Waals surface area contributed by atoms with E-state index in [9.17, 15) is 9.59 Å². The number of amides is 1. The van der Waals surface area contributed by atoms with Crippen LogP contribution in [0.25, 0.3) is 0 Å². The minimum atomic E-state index is -0.604. The molecule has 2 bridgehead atoms. The summed E-state index contributed by atoms with van der Waals surface area (Å²) in [5.41, 5.74) is 0.280. The van der Waals surface area contributed by atoms with Crippen LogP contribution in [0.3, 0.4) is 0 Å². The van der Waals surface area contributed by atoms with Gasteiger partial charge in [-0.1, -0.05) is 38.4 Å². The van der Waals surface area contributed by atoms with Gasteiger partial charge in [0.1, 0.15) is 5.78 Å². The molecule has 0 radical (unpaired) electrons. The molecule has 3 nitrogen and oxygen atoms in total. The summed E-state index contributed by atoms with van der Waals surface area (Å²) in [5.74, 6) is 0.180. The molecule has 2 atom stereocenters. The summed E-state index contributed by atoms with van der Waals surface area (Å²) in [6.07, 6.45) is 1.91. The lowest BCUT2D eigenvalue weighted by Gasteiger charge is -2.38. The zero-order valence-electron chi connectivity index (χ0n) is 13.5. The second-order valence-corrected chi connectivity index (χ2v) is 7.91. The first-order valence-corrected chi connectivity index (χ1v) is 8.13. The van der Waals surface area contributed by atoms with E-state index in [0.29, 0.717) is 11.4 Å². The van der Waals surface area contributed by atoms with E-state index >= 15 is 0 Å². The highest BCUT2D eigenvalue weighted by atomic mass is 35.5. The van der Waals surface area contributed by atoms with Crippen LogP contribution in [-0.2, 0) is 9.59 Å². The zero-order valence-corrected chi connectivity index (χ0v) is 14.3. The molecule has 1 amide bonds. The Morgan fingerprint density at radius 1 is 1.23 bits per heavy atom. The quantitative estimate of drug-likeness (QED) is 0.879. The summed E-state index contributed by atoms with van der Waals surface area (Å²) in [5, 5.41) is 3.66. The average molecular weight is 320 g/mol.